The maximum atomic E-state index is 16.0. The van der Waals surface area contributed by atoms with E-state index in [0.29, 0.717) is 31.5 Å². The van der Waals surface area contributed by atoms with Gasteiger partial charge in [-0.1, -0.05) is 24.8 Å². The van der Waals surface area contributed by atoms with E-state index in [-0.39, 0.29) is 58.0 Å². The van der Waals surface area contributed by atoms with Crippen LogP contribution in [0.5, 0.6) is 0 Å². The molecule has 0 bridgehead atoms. The van der Waals surface area contributed by atoms with Gasteiger partial charge in [-0.3, -0.25) is 9.10 Å². The number of carbonyl (C=O) groups excluding carboxylic acids is 1. The number of benzene rings is 2. The molecular weight excluding hydrogens is 616 g/mol. The van der Waals surface area contributed by atoms with E-state index in [1.807, 2.05) is 6.92 Å². The largest absolute Gasteiger partial charge is 0.398 e. The smallest absolute Gasteiger partial charge is 0.355 e. The van der Waals surface area contributed by atoms with Crippen LogP contribution < -0.4 is 20.6 Å². The highest BCUT2D eigenvalue weighted by molar-refractivity contribution is 7.93. The number of pyridine rings is 1. The Hall–Kier alpha value is -4.85. The zero-order valence-corrected chi connectivity index (χ0v) is 26.4. The third kappa shape index (κ3) is 5.15. The Morgan fingerprint density at radius 1 is 1.11 bits per heavy atom. The van der Waals surface area contributed by atoms with E-state index in [2.05, 4.69) is 16.5 Å². The number of halogens is 2. The van der Waals surface area contributed by atoms with Crippen LogP contribution in [0.4, 0.5) is 26.0 Å². The minimum absolute atomic E-state index is 0.0580. The fourth-order valence-electron chi connectivity index (χ4n) is 6.01. The van der Waals surface area contributed by atoms with Gasteiger partial charge >= 0.3 is 5.69 Å². The molecule has 14 heteroatoms. The second-order valence-corrected chi connectivity index (χ2v) is 13.9. The number of nitrogens with two attached hydrogens (primary N) is 1. The number of hydrogen-bond acceptors (Lipinski definition) is 8. The predicted molar refractivity (Wildman–Crippen MR) is 174 cm³/mol. The number of anilines is 3. The van der Waals surface area contributed by atoms with Gasteiger partial charge in [-0.25, -0.2) is 31.5 Å². The van der Waals surface area contributed by atoms with E-state index < -0.39 is 38.3 Å². The average molecular weight is 650 g/mol. The Balaban J connectivity index is 1.65. The molecule has 0 spiro atoms. The lowest BCUT2D eigenvalue weighted by molar-refractivity contribution is -0.126. The third-order valence-electron chi connectivity index (χ3n) is 8.58. The van der Waals surface area contributed by atoms with E-state index >= 15 is 8.78 Å². The Kier molecular flexibility index (Phi) is 7.79. The van der Waals surface area contributed by atoms with E-state index in [1.54, 1.807) is 34.9 Å². The first kappa shape index (κ1) is 31.1. The predicted octanol–water partition coefficient (Wildman–Crippen LogP) is 3.77. The molecule has 2 aromatic carbocycles. The molecule has 2 aliphatic rings. The first-order chi connectivity index (χ1) is 21.8. The Morgan fingerprint density at radius 3 is 2.48 bits per heavy atom. The topological polar surface area (TPSA) is 135 Å². The van der Waals surface area contributed by atoms with Crippen molar-refractivity contribution in [1.82, 2.24) is 19.4 Å². The number of rotatable bonds is 7. The van der Waals surface area contributed by atoms with Gasteiger partial charge in [-0.15, -0.1) is 0 Å². The number of amides is 1. The van der Waals surface area contributed by atoms with Gasteiger partial charge < -0.3 is 15.5 Å². The molecule has 1 atom stereocenters. The molecule has 240 valence electrons. The SMILES string of the molecule is C=CC(=O)N1CCN(c2nc(=O)n(-c3c(C)cccc3N(C)S(=O)(=O)C3CC3)c3nc(-c4c(N)cccc4F)c(F)cc23)[C@@H](C)C1. The van der Waals surface area contributed by atoms with Crippen molar-refractivity contribution in [1.29, 1.82) is 0 Å². The Labute approximate surface area is 264 Å². The van der Waals surface area contributed by atoms with Crippen LogP contribution in [-0.2, 0) is 14.8 Å². The molecule has 4 aromatic rings. The van der Waals surface area contributed by atoms with Crippen molar-refractivity contribution >= 4 is 44.2 Å². The first-order valence-corrected chi connectivity index (χ1v) is 16.3. The van der Waals surface area contributed by atoms with Crippen molar-refractivity contribution in [3.8, 4) is 16.9 Å². The molecule has 0 radical (unpaired) electrons. The molecule has 1 saturated carbocycles. The van der Waals surface area contributed by atoms with Crippen LogP contribution in [0.25, 0.3) is 28.0 Å². The standard InChI is InChI=1S/C32H33F2N7O4S/c1-5-26(42)39-14-15-40(19(3)17-39)30-21-16-23(34)28(27-22(33)9-7-10-24(27)35)36-31(21)41(32(43)37-30)29-18(2)8-6-11-25(29)38(4)46(44,45)20-12-13-20/h5-11,16,19-20H,1,12-15,17,35H2,2-4H3/t19-/m0/s1. The van der Waals surface area contributed by atoms with Gasteiger partial charge in [0.15, 0.2) is 11.5 Å². The molecule has 2 fully saturated rings. The first-order valence-electron chi connectivity index (χ1n) is 14.8. The van der Waals surface area contributed by atoms with Gasteiger partial charge in [0.25, 0.3) is 0 Å². The average Bonchev–Trinajstić information content (AvgIpc) is 3.87. The number of aromatic nitrogens is 3. The zero-order chi connectivity index (χ0) is 33.1. The molecule has 11 nitrogen and oxygen atoms in total. The van der Waals surface area contributed by atoms with Crippen molar-refractivity contribution < 1.29 is 22.0 Å². The molecule has 0 unspecified atom stereocenters. The molecule has 1 amide bonds. The number of carbonyl (C=O) groups is 1. The third-order valence-corrected chi connectivity index (χ3v) is 10.9. The van der Waals surface area contributed by atoms with E-state index in [1.165, 1.54) is 25.3 Å². The molecule has 1 aliphatic heterocycles. The summed E-state index contributed by atoms with van der Waals surface area (Å²) < 4.78 is 60.1. The van der Waals surface area contributed by atoms with Crippen LogP contribution in [0.3, 0.4) is 0 Å². The summed E-state index contributed by atoms with van der Waals surface area (Å²) in [6.45, 7) is 7.97. The summed E-state index contributed by atoms with van der Waals surface area (Å²) in [7, 11) is -2.32. The van der Waals surface area contributed by atoms with Crippen LogP contribution in [0.2, 0.25) is 0 Å². The summed E-state index contributed by atoms with van der Waals surface area (Å²) in [6.07, 6.45) is 2.29. The van der Waals surface area contributed by atoms with Crippen LogP contribution in [-0.4, -0.2) is 71.7 Å². The van der Waals surface area contributed by atoms with Gasteiger partial charge in [0, 0.05) is 38.4 Å². The number of sulfonamides is 1. The summed E-state index contributed by atoms with van der Waals surface area (Å²) in [5.41, 5.74) is 5.36. The Bertz CT molecular complexity index is 2060. The number of nitrogens with zero attached hydrogens (tertiary/aromatic N) is 6. The lowest BCUT2D eigenvalue weighted by Crippen LogP contribution is -2.54. The van der Waals surface area contributed by atoms with Crippen molar-refractivity contribution in [2.75, 3.05) is 41.6 Å². The second kappa shape index (κ2) is 11.5. The highest BCUT2D eigenvalue weighted by atomic mass is 32.2. The number of aryl methyl sites for hydroxylation is 1. The van der Waals surface area contributed by atoms with Gasteiger partial charge in [-0.05, 0) is 62.6 Å². The van der Waals surface area contributed by atoms with Crippen molar-refractivity contribution in [3.05, 3.63) is 82.8 Å². The van der Waals surface area contributed by atoms with Crippen molar-refractivity contribution in [2.24, 2.45) is 0 Å². The highest BCUT2D eigenvalue weighted by Crippen LogP contribution is 2.38. The molecule has 2 aromatic heterocycles. The number of fused-ring (bicyclic) bond motifs is 1. The maximum Gasteiger partial charge on any atom is 0.355 e. The van der Waals surface area contributed by atoms with Crippen molar-refractivity contribution in [2.45, 2.75) is 38.0 Å². The highest BCUT2D eigenvalue weighted by Gasteiger charge is 2.40. The maximum absolute atomic E-state index is 16.0. The number of hydrogen-bond donors (Lipinski definition) is 1. The van der Waals surface area contributed by atoms with E-state index in [4.69, 9.17) is 5.73 Å². The summed E-state index contributed by atoms with van der Waals surface area (Å²) in [4.78, 5) is 38.8. The minimum atomic E-state index is -3.74. The zero-order valence-electron chi connectivity index (χ0n) is 25.6. The van der Waals surface area contributed by atoms with E-state index in [9.17, 15) is 18.0 Å². The summed E-state index contributed by atoms with van der Waals surface area (Å²) in [5, 5.41) is -0.399. The molecule has 6 rings (SSSR count). The lowest BCUT2D eigenvalue weighted by atomic mass is 10.1. The van der Waals surface area contributed by atoms with Crippen LogP contribution >= 0.6 is 0 Å². The molecule has 2 N–H and O–H groups in total. The number of piperazine rings is 1. The fourth-order valence-corrected chi connectivity index (χ4v) is 7.61. The minimum Gasteiger partial charge on any atom is -0.398 e. The van der Waals surface area contributed by atoms with Gasteiger partial charge in [0.2, 0.25) is 15.9 Å². The molecule has 1 aliphatic carbocycles. The summed E-state index contributed by atoms with van der Waals surface area (Å²) in [6, 6.07) is 9.69. The Morgan fingerprint density at radius 2 is 1.83 bits per heavy atom. The summed E-state index contributed by atoms with van der Waals surface area (Å²) in [5.74, 6) is -1.82. The molecule has 46 heavy (non-hydrogen) atoms. The summed E-state index contributed by atoms with van der Waals surface area (Å²) >= 11 is 0. The molecule has 3 heterocycles. The fraction of sp³-hybridized carbons (Fsp3) is 0.312. The van der Waals surface area contributed by atoms with E-state index in [0.717, 1.165) is 21.0 Å². The second-order valence-electron chi connectivity index (χ2n) is 11.6. The number of para-hydroxylation sites is 1. The van der Waals surface area contributed by atoms with Crippen molar-refractivity contribution in [3.63, 3.8) is 0 Å². The van der Waals surface area contributed by atoms with Gasteiger partial charge in [0.05, 0.1) is 27.6 Å². The van der Waals surface area contributed by atoms with Crippen LogP contribution in [0.1, 0.15) is 25.3 Å². The molecular formula is C32H33F2N7O4S. The normalized spacial score (nSPS) is 16.9. The lowest BCUT2D eigenvalue weighted by Gasteiger charge is -2.40. The quantitative estimate of drug-likeness (QED) is 0.236. The molecule has 1 saturated heterocycles. The monoisotopic (exact) mass is 649 g/mol. The van der Waals surface area contributed by atoms with Crippen LogP contribution in [0, 0.1) is 18.6 Å². The van der Waals surface area contributed by atoms with Gasteiger partial charge in [0.1, 0.15) is 17.3 Å². The number of nitrogen functional groups attached to an aromatic ring is 1. The van der Waals surface area contributed by atoms with Crippen LogP contribution in [0.15, 0.2) is 59.9 Å². The van der Waals surface area contributed by atoms with Gasteiger partial charge in [-0.2, -0.15) is 4.98 Å².